The molecule has 3 nitrogen and oxygen atoms in total. The molecule has 1 aromatic carbocycles. The molecule has 0 saturated carbocycles. The Balaban J connectivity index is 2.85. The summed E-state index contributed by atoms with van der Waals surface area (Å²) in [5, 5.41) is 0. The molecule has 0 aliphatic heterocycles. The molecule has 0 aliphatic rings. The van der Waals surface area contributed by atoms with E-state index in [1.807, 2.05) is 0 Å². The number of hydrogen-bond acceptors (Lipinski definition) is 3. The lowest BCUT2D eigenvalue weighted by molar-refractivity contribution is 0.154. The van der Waals surface area contributed by atoms with Crippen LogP contribution in [-0.4, -0.2) is 50.1 Å². The van der Waals surface area contributed by atoms with Crippen LogP contribution in [0.1, 0.15) is 31.9 Å². The summed E-state index contributed by atoms with van der Waals surface area (Å²) >= 11 is 0. The summed E-state index contributed by atoms with van der Waals surface area (Å²) in [5.41, 5.74) is 7.24. The molecule has 0 spiro atoms. The normalized spacial score (nSPS) is 13.4. The van der Waals surface area contributed by atoms with Crippen LogP contribution in [0.4, 0.5) is 0 Å². The van der Waals surface area contributed by atoms with E-state index in [9.17, 15) is 0 Å². The zero-order valence-electron chi connectivity index (χ0n) is 13.5. The number of nitrogens with zero attached hydrogens (tertiary/aromatic N) is 2. The molecule has 1 atom stereocenters. The molecular weight excluding hydrogens is 246 g/mol. The molecule has 0 saturated heterocycles. The van der Waals surface area contributed by atoms with Crippen molar-refractivity contribution in [3.8, 4) is 0 Å². The van der Waals surface area contributed by atoms with E-state index >= 15 is 0 Å². The summed E-state index contributed by atoms with van der Waals surface area (Å²) in [6.07, 6.45) is 1.02. The average molecular weight is 277 g/mol. The average Bonchev–Trinajstić information content (AvgIpc) is 2.41. The molecular formula is C17H31N3. The monoisotopic (exact) mass is 277 g/mol. The van der Waals surface area contributed by atoms with E-state index < -0.39 is 0 Å². The SMILES string of the molecule is CC(C)CN(CCN(C)C)C(CCN)c1ccccc1. The van der Waals surface area contributed by atoms with Crippen molar-refractivity contribution >= 4 is 0 Å². The first-order chi connectivity index (χ1) is 9.54. The fraction of sp³-hybridized carbons (Fsp3) is 0.647. The second-order valence-corrected chi connectivity index (χ2v) is 6.20. The predicted octanol–water partition coefficient (Wildman–Crippen LogP) is 2.60. The topological polar surface area (TPSA) is 32.5 Å². The van der Waals surface area contributed by atoms with Gasteiger partial charge in [-0.15, -0.1) is 0 Å². The van der Waals surface area contributed by atoms with Gasteiger partial charge < -0.3 is 10.6 Å². The smallest absolute Gasteiger partial charge is 0.0360 e. The molecule has 0 amide bonds. The lowest BCUT2D eigenvalue weighted by atomic mass is 10.0. The number of likely N-dealkylation sites (N-methyl/N-ethyl adjacent to an activating group) is 1. The Bertz CT molecular complexity index is 349. The third kappa shape index (κ3) is 6.04. The molecule has 0 aliphatic carbocycles. The Morgan fingerprint density at radius 2 is 1.70 bits per heavy atom. The minimum Gasteiger partial charge on any atom is -0.330 e. The van der Waals surface area contributed by atoms with E-state index in [4.69, 9.17) is 5.73 Å². The quantitative estimate of drug-likeness (QED) is 0.753. The molecule has 1 aromatic rings. The van der Waals surface area contributed by atoms with Crippen LogP contribution in [0.2, 0.25) is 0 Å². The zero-order valence-corrected chi connectivity index (χ0v) is 13.5. The summed E-state index contributed by atoms with van der Waals surface area (Å²) in [6, 6.07) is 11.2. The Kier molecular flexibility index (Phi) is 7.82. The maximum absolute atomic E-state index is 5.85. The molecule has 0 bridgehead atoms. The van der Waals surface area contributed by atoms with Gasteiger partial charge in [-0.3, -0.25) is 4.90 Å². The standard InChI is InChI=1S/C17H31N3/c1-15(2)14-20(13-12-19(3)4)17(10-11-18)16-8-6-5-7-9-16/h5-9,15,17H,10-14,18H2,1-4H3. The molecule has 0 fully saturated rings. The Hall–Kier alpha value is -0.900. The van der Waals surface area contributed by atoms with Crippen molar-refractivity contribution in [1.29, 1.82) is 0 Å². The molecule has 114 valence electrons. The van der Waals surface area contributed by atoms with Gasteiger partial charge in [0.2, 0.25) is 0 Å². The van der Waals surface area contributed by atoms with Crippen molar-refractivity contribution in [3.05, 3.63) is 35.9 Å². The Labute approximate surface area is 124 Å². The fourth-order valence-corrected chi connectivity index (χ4v) is 2.56. The molecule has 2 N–H and O–H groups in total. The van der Waals surface area contributed by atoms with Crippen molar-refractivity contribution in [3.63, 3.8) is 0 Å². The molecule has 3 heteroatoms. The van der Waals surface area contributed by atoms with Crippen LogP contribution in [0.15, 0.2) is 30.3 Å². The highest BCUT2D eigenvalue weighted by atomic mass is 15.2. The second-order valence-electron chi connectivity index (χ2n) is 6.20. The van der Waals surface area contributed by atoms with Crippen molar-refractivity contribution in [2.24, 2.45) is 11.7 Å². The van der Waals surface area contributed by atoms with E-state index in [1.165, 1.54) is 5.56 Å². The maximum atomic E-state index is 5.85. The van der Waals surface area contributed by atoms with E-state index in [1.54, 1.807) is 0 Å². The van der Waals surface area contributed by atoms with Crippen LogP contribution in [0, 0.1) is 5.92 Å². The van der Waals surface area contributed by atoms with Crippen molar-refractivity contribution in [2.45, 2.75) is 26.3 Å². The van der Waals surface area contributed by atoms with Gasteiger partial charge in [-0.2, -0.15) is 0 Å². The number of hydrogen-bond donors (Lipinski definition) is 1. The van der Waals surface area contributed by atoms with Gasteiger partial charge in [0, 0.05) is 25.7 Å². The predicted molar refractivity (Wildman–Crippen MR) is 87.8 cm³/mol. The fourth-order valence-electron chi connectivity index (χ4n) is 2.56. The molecule has 0 aromatic heterocycles. The van der Waals surface area contributed by atoms with E-state index in [0.29, 0.717) is 12.0 Å². The summed E-state index contributed by atoms with van der Waals surface area (Å²) in [7, 11) is 4.27. The van der Waals surface area contributed by atoms with Crippen LogP contribution in [0.25, 0.3) is 0 Å². The van der Waals surface area contributed by atoms with Gasteiger partial charge in [0.1, 0.15) is 0 Å². The minimum absolute atomic E-state index is 0.434. The first kappa shape index (κ1) is 17.2. The van der Waals surface area contributed by atoms with E-state index in [-0.39, 0.29) is 0 Å². The van der Waals surface area contributed by atoms with E-state index in [2.05, 4.69) is 68.1 Å². The van der Waals surface area contributed by atoms with Gasteiger partial charge in [0.05, 0.1) is 0 Å². The van der Waals surface area contributed by atoms with Crippen LogP contribution in [0.5, 0.6) is 0 Å². The minimum atomic E-state index is 0.434. The number of rotatable bonds is 9. The van der Waals surface area contributed by atoms with Gasteiger partial charge in [-0.1, -0.05) is 44.2 Å². The highest BCUT2D eigenvalue weighted by Crippen LogP contribution is 2.24. The Morgan fingerprint density at radius 3 is 2.20 bits per heavy atom. The van der Waals surface area contributed by atoms with Crippen LogP contribution < -0.4 is 5.73 Å². The first-order valence-electron chi connectivity index (χ1n) is 7.68. The highest BCUT2D eigenvalue weighted by Gasteiger charge is 2.20. The van der Waals surface area contributed by atoms with Crippen LogP contribution >= 0.6 is 0 Å². The molecule has 20 heavy (non-hydrogen) atoms. The lowest BCUT2D eigenvalue weighted by Gasteiger charge is -2.34. The first-order valence-corrected chi connectivity index (χ1v) is 7.68. The second kappa shape index (κ2) is 9.11. The van der Waals surface area contributed by atoms with Gasteiger partial charge >= 0.3 is 0 Å². The Morgan fingerprint density at radius 1 is 1.05 bits per heavy atom. The number of nitrogens with two attached hydrogens (primary N) is 1. The van der Waals surface area contributed by atoms with Gasteiger partial charge in [-0.05, 0) is 38.5 Å². The third-order valence-corrected chi connectivity index (χ3v) is 3.50. The van der Waals surface area contributed by atoms with Crippen LogP contribution in [0.3, 0.4) is 0 Å². The summed E-state index contributed by atoms with van der Waals surface area (Å²) in [5.74, 6) is 0.668. The van der Waals surface area contributed by atoms with Crippen molar-refractivity contribution < 1.29 is 0 Å². The summed E-state index contributed by atoms with van der Waals surface area (Å²) in [4.78, 5) is 4.84. The van der Waals surface area contributed by atoms with Crippen molar-refractivity contribution in [2.75, 3.05) is 40.3 Å². The van der Waals surface area contributed by atoms with Gasteiger partial charge in [-0.25, -0.2) is 0 Å². The highest BCUT2D eigenvalue weighted by molar-refractivity contribution is 5.19. The van der Waals surface area contributed by atoms with Crippen molar-refractivity contribution in [1.82, 2.24) is 9.80 Å². The van der Waals surface area contributed by atoms with Gasteiger partial charge in [0.25, 0.3) is 0 Å². The largest absolute Gasteiger partial charge is 0.330 e. The number of benzene rings is 1. The third-order valence-electron chi connectivity index (χ3n) is 3.50. The lowest BCUT2D eigenvalue weighted by Crippen LogP contribution is -2.38. The van der Waals surface area contributed by atoms with Gasteiger partial charge in [0.15, 0.2) is 0 Å². The molecule has 0 radical (unpaired) electrons. The zero-order chi connectivity index (χ0) is 15.0. The molecule has 1 unspecified atom stereocenters. The summed E-state index contributed by atoms with van der Waals surface area (Å²) < 4.78 is 0. The maximum Gasteiger partial charge on any atom is 0.0360 e. The molecule has 1 rings (SSSR count). The van der Waals surface area contributed by atoms with Crippen LogP contribution in [-0.2, 0) is 0 Å². The molecule has 0 heterocycles. The van der Waals surface area contributed by atoms with E-state index in [0.717, 1.165) is 32.6 Å². The summed E-state index contributed by atoms with van der Waals surface area (Å²) in [6.45, 7) is 8.59.